The van der Waals surface area contributed by atoms with Gasteiger partial charge in [-0.3, -0.25) is 4.68 Å². The van der Waals surface area contributed by atoms with Crippen LogP contribution in [-0.2, 0) is 13.6 Å². The zero-order valence-electron chi connectivity index (χ0n) is 11.7. The van der Waals surface area contributed by atoms with Crippen molar-refractivity contribution in [2.45, 2.75) is 51.7 Å². The fraction of sp³-hybridized carbons (Fsp3) is 0.786. The zero-order chi connectivity index (χ0) is 13.2. The van der Waals surface area contributed by atoms with Crippen LogP contribution in [0.25, 0.3) is 0 Å². The van der Waals surface area contributed by atoms with Crippen LogP contribution in [0.3, 0.4) is 0 Å². The molecule has 1 aliphatic rings. The van der Waals surface area contributed by atoms with Gasteiger partial charge in [0.25, 0.3) is 0 Å². The number of aromatic nitrogens is 2. The Labute approximate surface area is 109 Å². The van der Waals surface area contributed by atoms with Crippen LogP contribution in [0.5, 0.6) is 0 Å². The first-order valence-corrected chi connectivity index (χ1v) is 6.79. The van der Waals surface area contributed by atoms with Gasteiger partial charge in [-0.2, -0.15) is 5.10 Å². The molecule has 2 N–H and O–H groups in total. The van der Waals surface area contributed by atoms with Gasteiger partial charge in [-0.15, -0.1) is 0 Å². The fourth-order valence-electron chi connectivity index (χ4n) is 2.57. The fourth-order valence-corrected chi connectivity index (χ4v) is 2.57. The van der Waals surface area contributed by atoms with Crippen LogP contribution >= 0.6 is 0 Å². The van der Waals surface area contributed by atoms with Gasteiger partial charge >= 0.3 is 0 Å². The summed E-state index contributed by atoms with van der Waals surface area (Å²) in [5.74, 6) is 0. The molecule has 0 atom stereocenters. The molecule has 0 radical (unpaired) electrons. The minimum absolute atomic E-state index is 0.398. The highest BCUT2D eigenvalue weighted by molar-refractivity contribution is 5.03. The molecule has 0 aromatic carbocycles. The molecule has 0 amide bonds. The summed E-state index contributed by atoms with van der Waals surface area (Å²) < 4.78 is 1.80. The van der Waals surface area contributed by atoms with E-state index in [1.165, 1.54) is 0 Å². The Balaban J connectivity index is 1.76. The first-order chi connectivity index (χ1) is 8.39. The molecule has 0 aliphatic heterocycles. The van der Waals surface area contributed by atoms with E-state index in [1.54, 1.807) is 4.68 Å². The van der Waals surface area contributed by atoms with Gasteiger partial charge in [-0.25, -0.2) is 0 Å². The second-order valence-corrected chi connectivity index (χ2v) is 6.51. The molecule has 1 saturated carbocycles. The Kier molecular flexibility index (Phi) is 3.78. The van der Waals surface area contributed by atoms with Crippen LogP contribution in [0.2, 0.25) is 0 Å². The summed E-state index contributed by atoms with van der Waals surface area (Å²) in [5, 5.41) is 18.0. The maximum absolute atomic E-state index is 10.5. The lowest BCUT2D eigenvalue weighted by Crippen LogP contribution is -2.44. The highest BCUT2D eigenvalue weighted by Gasteiger charge is 2.36. The number of hydrogen-bond acceptors (Lipinski definition) is 3. The predicted octanol–water partition coefficient (Wildman–Crippen LogP) is 1.84. The molecule has 1 aliphatic carbocycles. The third-order valence-electron chi connectivity index (χ3n) is 4.08. The summed E-state index contributed by atoms with van der Waals surface area (Å²) in [5.41, 5.74) is 1.05. The summed E-state index contributed by atoms with van der Waals surface area (Å²) in [7, 11) is 1.92. The largest absolute Gasteiger partial charge is 0.389 e. The van der Waals surface area contributed by atoms with Gasteiger partial charge in [0.2, 0.25) is 0 Å². The highest BCUT2D eigenvalue weighted by Crippen LogP contribution is 2.39. The first-order valence-electron chi connectivity index (χ1n) is 6.79. The molecule has 18 heavy (non-hydrogen) atoms. The molecule has 1 fully saturated rings. The third-order valence-corrected chi connectivity index (χ3v) is 4.08. The van der Waals surface area contributed by atoms with Crippen LogP contribution in [0.15, 0.2) is 12.4 Å². The third kappa shape index (κ3) is 3.56. The van der Waals surface area contributed by atoms with Gasteiger partial charge in [0.05, 0.1) is 11.8 Å². The van der Waals surface area contributed by atoms with Crippen molar-refractivity contribution in [2.24, 2.45) is 12.5 Å². The van der Waals surface area contributed by atoms with Crippen molar-refractivity contribution in [3.63, 3.8) is 0 Å². The van der Waals surface area contributed by atoms with Crippen molar-refractivity contribution in [2.75, 3.05) is 6.54 Å². The molecule has 0 saturated heterocycles. The average Bonchev–Trinajstić information content (AvgIpc) is 2.70. The molecule has 0 spiro atoms. The normalized spacial score (nSPS) is 22.0. The van der Waals surface area contributed by atoms with E-state index >= 15 is 0 Å². The second-order valence-electron chi connectivity index (χ2n) is 6.51. The lowest BCUT2D eigenvalue weighted by molar-refractivity contribution is -0.0245. The summed E-state index contributed by atoms with van der Waals surface area (Å²) in [6.07, 6.45) is 7.89. The standard InChI is InChI=1S/C14H25N3O/c1-13(2)4-6-14(18,7-5-13)11-15-8-12-9-16-17(3)10-12/h9-10,15,18H,4-8,11H2,1-3H3. The van der Waals surface area contributed by atoms with E-state index in [0.29, 0.717) is 12.0 Å². The molecule has 0 bridgehead atoms. The van der Waals surface area contributed by atoms with Crippen LogP contribution < -0.4 is 5.32 Å². The second kappa shape index (κ2) is 5.02. The number of nitrogens with one attached hydrogen (secondary N) is 1. The number of hydrogen-bond donors (Lipinski definition) is 2. The SMILES string of the molecule is Cn1cc(CNCC2(O)CCC(C)(C)CC2)cn1. The molecule has 1 aromatic rings. The van der Waals surface area contributed by atoms with Gasteiger partial charge < -0.3 is 10.4 Å². The quantitative estimate of drug-likeness (QED) is 0.858. The van der Waals surface area contributed by atoms with E-state index in [9.17, 15) is 5.11 Å². The number of aliphatic hydroxyl groups is 1. The molecule has 2 rings (SSSR count). The van der Waals surface area contributed by atoms with E-state index < -0.39 is 5.60 Å². The molecule has 4 heteroatoms. The monoisotopic (exact) mass is 251 g/mol. The number of rotatable bonds is 4. The Hall–Kier alpha value is -0.870. The smallest absolute Gasteiger partial charge is 0.0772 e. The summed E-state index contributed by atoms with van der Waals surface area (Å²) >= 11 is 0. The minimum atomic E-state index is -0.516. The van der Waals surface area contributed by atoms with Crippen molar-refractivity contribution in [3.8, 4) is 0 Å². The summed E-state index contributed by atoms with van der Waals surface area (Å²) in [6, 6.07) is 0. The average molecular weight is 251 g/mol. The van der Waals surface area contributed by atoms with E-state index in [2.05, 4.69) is 24.3 Å². The van der Waals surface area contributed by atoms with Crippen LogP contribution in [0.1, 0.15) is 45.1 Å². The molecule has 102 valence electrons. The number of aryl methyl sites for hydroxylation is 1. The van der Waals surface area contributed by atoms with Gasteiger partial charge in [-0.05, 0) is 31.1 Å². The van der Waals surface area contributed by atoms with Crippen molar-refractivity contribution in [3.05, 3.63) is 18.0 Å². The van der Waals surface area contributed by atoms with Crippen molar-refractivity contribution in [1.82, 2.24) is 15.1 Å². The van der Waals surface area contributed by atoms with Crippen molar-refractivity contribution >= 4 is 0 Å². The maximum Gasteiger partial charge on any atom is 0.0772 e. The Morgan fingerprint density at radius 1 is 1.33 bits per heavy atom. The van der Waals surface area contributed by atoms with E-state index in [1.807, 2.05) is 19.4 Å². The number of nitrogens with zero attached hydrogens (tertiary/aromatic N) is 2. The lowest BCUT2D eigenvalue weighted by atomic mass is 9.71. The topological polar surface area (TPSA) is 50.1 Å². The Morgan fingerprint density at radius 2 is 2.00 bits per heavy atom. The van der Waals surface area contributed by atoms with Gasteiger partial charge in [0, 0.05) is 31.9 Å². The molecular weight excluding hydrogens is 226 g/mol. The maximum atomic E-state index is 10.5. The molecular formula is C14H25N3O. The van der Waals surface area contributed by atoms with Gasteiger partial charge in [-0.1, -0.05) is 13.8 Å². The predicted molar refractivity (Wildman–Crippen MR) is 72.1 cm³/mol. The Morgan fingerprint density at radius 3 is 2.56 bits per heavy atom. The van der Waals surface area contributed by atoms with E-state index in [4.69, 9.17) is 0 Å². The molecule has 0 unspecified atom stereocenters. The highest BCUT2D eigenvalue weighted by atomic mass is 16.3. The van der Waals surface area contributed by atoms with Gasteiger partial charge in [0.15, 0.2) is 0 Å². The summed E-state index contributed by atoms with van der Waals surface area (Å²) in [6.45, 7) is 6.03. The lowest BCUT2D eigenvalue weighted by Gasteiger charge is -2.40. The Bertz CT molecular complexity index is 387. The van der Waals surface area contributed by atoms with Gasteiger partial charge in [0.1, 0.15) is 0 Å². The van der Waals surface area contributed by atoms with E-state index in [-0.39, 0.29) is 0 Å². The minimum Gasteiger partial charge on any atom is -0.389 e. The molecule has 4 nitrogen and oxygen atoms in total. The first kappa shape index (κ1) is 13.6. The van der Waals surface area contributed by atoms with E-state index in [0.717, 1.165) is 37.8 Å². The molecule has 1 aromatic heterocycles. The summed E-state index contributed by atoms with van der Waals surface area (Å²) in [4.78, 5) is 0. The molecule has 1 heterocycles. The van der Waals surface area contributed by atoms with Crippen LogP contribution in [0.4, 0.5) is 0 Å². The van der Waals surface area contributed by atoms with Crippen LogP contribution in [0, 0.1) is 5.41 Å². The van der Waals surface area contributed by atoms with Crippen LogP contribution in [-0.4, -0.2) is 27.0 Å². The van der Waals surface area contributed by atoms with Crippen molar-refractivity contribution in [1.29, 1.82) is 0 Å². The zero-order valence-corrected chi connectivity index (χ0v) is 11.7. The van der Waals surface area contributed by atoms with Crippen molar-refractivity contribution < 1.29 is 5.11 Å².